The van der Waals surface area contributed by atoms with Gasteiger partial charge in [-0.3, -0.25) is 9.36 Å². The van der Waals surface area contributed by atoms with Gasteiger partial charge in [-0.2, -0.15) is 0 Å². The molecule has 12 heteroatoms. The molecular weight excluding hydrogens is 552 g/mol. The smallest absolute Gasteiger partial charge is 0.343 e. The van der Waals surface area contributed by atoms with E-state index in [1.54, 1.807) is 57.2 Å². The van der Waals surface area contributed by atoms with E-state index in [4.69, 9.17) is 18.9 Å². The number of nitrogens with zero attached hydrogens (tertiary/aromatic N) is 2. The summed E-state index contributed by atoms with van der Waals surface area (Å²) in [5.41, 5.74) is 1.36. The molecular formula is C29H30N2O9S. The van der Waals surface area contributed by atoms with Gasteiger partial charge in [0.25, 0.3) is 5.56 Å². The second-order valence-corrected chi connectivity index (χ2v) is 9.75. The number of phenolic OH excluding ortho intramolecular Hbond substituents is 1. The van der Waals surface area contributed by atoms with Gasteiger partial charge in [-0.05, 0) is 62.2 Å². The molecule has 0 saturated carbocycles. The van der Waals surface area contributed by atoms with E-state index in [0.29, 0.717) is 50.0 Å². The number of carbonyl (C=O) groups is 2. The van der Waals surface area contributed by atoms with E-state index in [-0.39, 0.29) is 30.1 Å². The monoisotopic (exact) mass is 582 g/mol. The minimum atomic E-state index is -0.884. The number of methoxy groups -OCH3 is 2. The highest BCUT2D eigenvalue weighted by molar-refractivity contribution is 7.07. The molecule has 0 bridgehead atoms. The third-order valence-corrected chi connectivity index (χ3v) is 7.16. The van der Waals surface area contributed by atoms with Crippen molar-refractivity contribution in [1.82, 2.24) is 4.57 Å². The maximum Gasteiger partial charge on any atom is 0.343 e. The second-order valence-electron chi connectivity index (χ2n) is 8.74. The van der Waals surface area contributed by atoms with Crippen LogP contribution in [0.25, 0.3) is 6.08 Å². The summed E-state index contributed by atoms with van der Waals surface area (Å²) in [6.07, 6.45) is 1.64. The Morgan fingerprint density at radius 1 is 1.05 bits per heavy atom. The number of hydrogen-bond acceptors (Lipinski definition) is 11. The number of aromatic nitrogens is 1. The van der Waals surface area contributed by atoms with E-state index in [9.17, 15) is 19.5 Å². The molecule has 1 atom stereocenters. The summed E-state index contributed by atoms with van der Waals surface area (Å²) in [4.78, 5) is 43.6. The molecule has 0 radical (unpaired) electrons. The third-order valence-electron chi connectivity index (χ3n) is 6.17. The summed E-state index contributed by atoms with van der Waals surface area (Å²) in [5, 5.41) is 10.2. The molecule has 4 rings (SSSR count). The summed E-state index contributed by atoms with van der Waals surface area (Å²) >= 11 is 1.16. The van der Waals surface area contributed by atoms with Crippen LogP contribution in [0.2, 0.25) is 0 Å². The first-order valence-electron chi connectivity index (χ1n) is 12.7. The van der Waals surface area contributed by atoms with Gasteiger partial charge in [0.1, 0.15) is 0 Å². The lowest BCUT2D eigenvalue weighted by Gasteiger charge is -2.25. The normalized spacial score (nSPS) is 14.7. The van der Waals surface area contributed by atoms with Crippen LogP contribution in [-0.2, 0) is 19.1 Å². The van der Waals surface area contributed by atoms with Gasteiger partial charge < -0.3 is 28.8 Å². The predicted molar refractivity (Wildman–Crippen MR) is 150 cm³/mol. The molecule has 1 aliphatic heterocycles. The fourth-order valence-electron chi connectivity index (χ4n) is 4.33. The topological polar surface area (TPSA) is 135 Å². The van der Waals surface area contributed by atoms with Crippen LogP contribution in [0.15, 0.2) is 57.5 Å². The average Bonchev–Trinajstić information content (AvgIpc) is 3.25. The van der Waals surface area contributed by atoms with Crippen molar-refractivity contribution >= 4 is 29.4 Å². The van der Waals surface area contributed by atoms with E-state index in [2.05, 4.69) is 9.73 Å². The fourth-order valence-corrected chi connectivity index (χ4v) is 5.38. The lowest BCUT2D eigenvalue weighted by molar-refractivity contribution is -0.143. The summed E-state index contributed by atoms with van der Waals surface area (Å²) in [7, 11) is 2.71. The van der Waals surface area contributed by atoms with Crippen LogP contribution in [0.4, 0.5) is 0 Å². The molecule has 1 aliphatic rings. The van der Waals surface area contributed by atoms with Crippen molar-refractivity contribution in [3.8, 4) is 23.0 Å². The first-order valence-corrected chi connectivity index (χ1v) is 13.6. The van der Waals surface area contributed by atoms with Gasteiger partial charge in [-0.25, -0.2) is 14.6 Å². The summed E-state index contributed by atoms with van der Waals surface area (Å²) < 4.78 is 28.3. The Morgan fingerprint density at radius 3 is 2.46 bits per heavy atom. The van der Waals surface area contributed by atoms with Gasteiger partial charge >= 0.3 is 11.9 Å². The Labute approximate surface area is 239 Å². The summed E-state index contributed by atoms with van der Waals surface area (Å²) in [6.45, 7) is 5.30. The van der Waals surface area contributed by atoms with E-state index in [1.165, 1.54) is 24.9 Å². The van der Waals surface area contributed by atoms with Gasteiger partial charge in [0, 0.05) is 0 Å². The van der Waals surface area contributed by atoms with E-state index >= 15 is 0 Å². The molecule has 1 aromatic heterocycles. The van der Waals surface area contributed by atoms with Gasteiger partial charge in [0.05, 0.1) is 49.3 Å². The largest absolute Gasteiger partial charge is 0.504 e. The number of allylic oxidation sites excluding steroid dienone is 1. The molecule has 0 fully saturated rings. The molecule has 41 heavy (non-hydrogen) atoms. The Morgan fingerprint density at radius 2 is 1.80 bits per heavy atom. The highest BCUT2D eigenvalue weighted by atomic mass is 32.1. The van der Waals surface area contributed by atoms with Crippen molar-refractivity contribution in [2.24, 2.45) is 4.99 Å². The number of fused-ring (bicyclic) bond motifs is 1. The zero-order valence-corrected chi connectivity index (χ0v) is 24.1. The van der Waals surface area contributed by atoms with Gasteiger partial charge in [0.15, 0.2) is 34.4 Å². The number of rotatable bonds is 10. The quantitative estimate of drug-likeness (QED) is 0.358. The Balaban J connectivity index is 1.89. The molecule has 1 N–H and O–H groups in total. The van der Waals surface area contributed by atoms with Crippen LogP contribution >= 0.6 is 11.3 Å². The molecule has 0 spiro atoms. The molecule has 3 aromatic rings. The maximum absolute atomic E-state index is 13.8. The summed E-state index contributed by atoms with van der Waals surface area (Å²) in [6, 6.07) is 8.88. The van der Waals surface area contributed by atoms with Crippen molar-refractivity contribution in [3.63, 3.8) is 0 Å². The number of carbonyl (C=O) groups excluding carboxylic acids is 2. The molecule has 2 aromatic carbocycles. The van der Waals surface area contributed by atoms with E-state index in [1.807, 2.05) is 0 Å². The minimum absolute atomic E-state index is 0.0645. The number of benzene rings is 2. The SMILES string of the molecule is CCOC(=O)C1=C(C)N=c2s/c(=C/c3ccc(OC)c(O)c3)c(=O)n2[C@H]1c1ccc(OCC(=O)OC)c(OCC)c1. The zero-order valence-electron chi connectivity index (χ0n) is 23.3. The van der Waals surface area contributed by atoms with Crippen LogP contribution in [0.1, 0.15) is 37.9 Å². The second kappa shape index (κ2) is 12.7. The van der Waals surface area contributed by atoms with Gasteiger partial charge in [-0.1, -0.05) is 23.5 Å². The minimum Gasteiger partial charge on any atom is -0.504 e. The number of aromatic hydroxyl groups is 1. The first-order chi connectivity index (χ1) is 19.7. The van der Waals surface area contributed by atoms with Crippen LogP contribution in [0, 0.1) is 0 Å². The van der Waals surface area contributed by atoms with Crippen molar-refractivity contribution in [3.05, 3.63) is 78.5 Å². The standard InChI is InChI=1S/C29H30N2O9S/c1-6-38-22-14-18(9-11-21(22)40-15-24(33)37-5)26-25(28(35)39-7-2)16(3)30-29-31(26)27(34)23(41-29)13-17-8-10-20(36-4)19(32)12-17/h8-14,26,32H,6-7,15H2,1-5H3/b23-13+/t26-/m0/s1. The predicted octanol–water partition coefficient (Wildman–Crippen LogP) is 2.46. The third kappa shape index (κ3) is 6.12. The van der Waals surface area contributed by atoms with Crippen LogP contribution < -0.4 is 29.1 Å². The number of ether oxygens (including phenoxy) is 5. The fraction of sp³-hybridized carbons (Fsp3) is 0.310. The highest BCUT2D eigenvalue weighted by Gasteiger charge is 2.34. The maximum atomic E-state index is 13.8. The lowest BCUT2D eigenvalue weighted by Crippen LogP contribution is -2.40. The zero-order chi connectivity index (χ0) is 29.7. The van der Waals surface area contributed by atoms with Crippen molar-refractivity contribution < 1.29 is 38.4 Å². The van der Waals surface area contributed by atoms with Crippen LogP contribution in [-0.4, -0.2) is 55.7 Å². The van der Waals surface area contributed by atoms with Crippen molar-refractivity contribution in [2.75, 3.05) is 34.0 Å². The molecule has 0 amide bonds. The first kappa shape index (κ1) is 29.4. The van der Waals surface area contributed by atoms with Crippen LogP contribution in [0.3, 0.4) is 0 Å². The van der Waals surface area contributed by atoms with Crippen LogP contribution in [0.5, 0.6) is 23.0 Å². The Kier molecular flexibility index (Phi) is 9.13. The molecule has 0 saturated heterocycles. The van der Waals surface area contributed by atoms with E-state index in [0.717, 1.165) is 11.3 Å². The molecule has 0 unspecified atom stereocenters. The molecule has 216 valence electrons. The molecule has 0 aliphatic carbocycles. The number of thiazole rings is 1. The average molecular weight is 583 g/mol. The number of esters is 2. The van der Waals surface area contributed by atoms with Crippen molar-refractivity contribution in [2.45, 2.75) is 26.8 Å². The Hall–Kier alpha value is -4.58. The number of hydrogen-bond donors (Lipinski definition) is 1. The molecule has 2 heterocycles. The number of phenols is 1. The Bertz CT molecular complexity index is 1690. The van der Waals surface area contributed by atoms with Gasteiger partial charge in [0.2, 0.25) is 0 Å². The highest BCUT2D eigenvalue weighted by Crippen LogP contribution is 2.36. The van der Waals surface area contributed by atoms with Crippen molar-refractivity contribution in [1.29, 1.82) is 0 Å². The lowest BCUT2D eigenvalue weighted by atomic mass is 9.95. The van der Waals surface area contributed by atoms with E-state index < -0.39 is 18.0 Å². The van der Waals surface area contributed by atoms with Gasteiger partial charge in [-0.15, -0.1) is 0 Å². The molecule has 11 nitrogen and oxygen atoms in total. The summed E-state index contributed by atoms with van der Waals surface area (Å²) in [5.74, 6) is -0.296.